The molecule has 6 nitrogen and oxygen atoms in total. The maximum absolute atomic E-state index is 12.6. The molecular formula is C15H19N5OS. The minimum atomic E-state index is -0.137. The smallest absolute Gasteiger partial charge is 0.276 e. The van der Waals surface area contributed by atoms with E-state index < -0.39 is 0 Å². The summed E-state index contributed by atoms with van der Waals surface area (Å²) >= 11 is 1.69. The van der Waals surface area contributed by atoms with Gasteiger partial charge < -0.3 is 10.6 Å². The highest BCUT2D eigenvalue weighted by Gasteiger charge is 2.28. The number of hydrogen-bond donors (Lipinski definition) is 1. The first-order valence-electron chi connectivity index (χ1n) is 7.49. The van der Waals surface area contributed by atoms with Crippen LogP contribution < -0.4 is 5.73 Å². The van der Waals surface area contributed by atoms with Gasteiger partial charge in [0.05, 0.1) is 10.7 Å². The molecule has 116 valence electrons. The predicted octanol–water partition coefficient (Wildman–Crippen LogP) is 2.10. The molecule has 2 N–H and O–H groups in total. The summed E-state index contributed by atoms with van der Waals surface area (Å²) in [5.74, 6) is 0.362. The van der Waals surface area contributed by atoms with Crippen LogP contribution in [0, 0.1) is 0 Å². The third-order valence-electron chi connectivity index (χ3n) is 3.92. The maximum Gasteiger partial charge on any atom is 0.276 e. The normalized spacial score (nSPS) is 18.4. The van der Waals surface area contributed by atoms with Gasteiger partial charge in [0.15, 0.2) is 11.5 Å². The molecule has 0 spiro atoms. The molecule has 2 aromatic heterocycles. The predicted molar refractivity (Wildman–Crippen MR) is 85.8 cm³/mol. The first-order valence-corrected chi connectivity index (χ1v) is 8.37. The summed E-state index contributed by atoms with van der Waals surface area (Å²) in [5.41, 5.74) is 7.14. The second-order valence-corrected chi connectivity index (χ2v) is 6.30. The monoisotopic (exact) mass is 317 g/mol. The van der Waals surface area contributed by atoms with E-state index in [-0.39, 0.29) is 17.4 Å². The number of amides is 1. The molecule has 3 rings (SSSR count). The number of nitrogen functional groups attached to an aromatic ring is 1. The molecule has 0 aliphatic carbocycles. The minimum Gasteiger partial charge on any atom is -0.382 e. The van der Waals surface area contributed by atoms with Gasteiger partial charge in [-0.25, -0.2) is 15.0 Å². The fraction of sp³-hybridized carbons (Fsp3) is 0.467. The molecule has 7 heteroatoms. The van der Waals surface area contributed by atoms with Gasteiger partial charge in [-0.15, -0.1) is 11.3 Å². The van der Waals surface area contributed by atoms with Crippen LogP contribution in [0.5, 0.6) is 0 Å². The number of hydrogen-bond acceptors (Lipinski definition) is 6. The van der Waals surface area contributed by atoms with Crippen molar-refractivity contribution in [1.29, 1.82) is 0 Å². The van der Waals surface area contributed by atoms with Gasteiger partial charge in [-0.2, -0.15) is 0 Å². The van der Waals surface area contributed by atoms with Crippen LogP contribution in [0.3, 0.4) is 0 Å². The van der Waals surface area contributed by atoms with E-state index >= 15 is 0 Å². The molecule has 3 heterocycles. The molecule has 0 radical (unpaired) electrons. The largest absolute Gasteiger partial charge is 0.382 e. The van der Waals surface area contributed by atoms with Gasteiger partial charge in [-0.05, 0) is 19.3 Å². The van der Waals surface area contributed by atoms with Gasteiger partial charge in [0.25, 0.3) is 5.91 Å². The lowest BCUT2D eigenvalue weighted by Gasteiger charge is -2.31. The Morgan fingerprint density at radius 1 is 1.45 bits per heavy atom. The topological polar surface area (TPSA) is 85.0 Å². The van der Waals surface area contributed by atoms with Crippen LogP contribution in [-0.4, -0.2) is 38.8 Å². The van der Waals surface area contributed by atoms with Gasteiger partial charge in [0, 0.05) is 36.8 Å². The van der Waals surface area contributed by atoms with E-state index in [2.05, 4.69) is 27.3 Å². The van der Waals surface area contributed by atoms with Crippen molar-refractivity contribution in [2.75, 3.05) is 18.8 Å². The minimum absolute atomic E-state index is 0.137. The van der Waals surface area contributed by atoms with E-state index in [0.29, 0.717) is 12.5 Å². The van der Waals surface area contributed by atoms with E-state index in [4.69, 9.17) is 5.73 Å². The summed E-state index contributed by atoms with van der Waals surface area (Å²) in [5, 5.41) is 3.23. The van der Waals surface area contributed by atoms with Crippen molar-refractivity contribution in [3.8, 4) is 0 Å². The molecule has 1 atom stereocenters. The van der Waals surface area contributed by atoms with Crippen molar-refractivity contribution < 1.29 is 4.79 Å². The summed E-state index contributed by atoms with van der Waals surface area (Å²) in [6.45, 7) is 3.51. The third kappa shape index (κ3) is 2.94. The van der Waals surface area contributed by atoms with Crippen LogP contribution in [-0.2, 0) is 6.42 Å². The number of carbonyl (C=O) groups is 1. The molecule has 0 saturated carbocycles. The second-order valence-electron chi connectivity index (χ2n) is 5.41. The molecule has 1 aliphatic rings. The first kappa shape index (κ1) is 14.9. The van der Waals surface area contributed by atoms with Crippen LogP contribution in [0.15, 0.2) is 17.8 Å². The molecule has 1 saturated heterocycles. The zero-order chi connectivity index (χ0) is 15.5. The number of rotatable bonds is 3. The van der Waals surface area contributed by atoms with Crippen LogP contribution in [0.25, 0.3) is 0 Å². The summed E-state index contributed by atoms with van der Waals surface area (Å²) in [7, 11) is 0. The summed E-state index contributed by atoms with van der Waals surface area (Å²) < 4.78 is 0. The van der Waals surface area contributed by atoms with Gasteiger partial charge in [0.2, 0.25) is 0 Å². The summed E-state index contributed by atoms with van der Waals surface area (Å²) in [6.07, 6.45) is 5.97. The van der Waals surface area contributed by atoms with E-state index in [1.165, 1.54) is 12.4 Å². The quantitative estimate of drug-likeness (QED) is 0.937. The van der Waals surface area contributed by atoms with Crippen LogP contribution >= 0.6 is 11.3 Å². The fourth-order valence-electron chi connectivity index (χ4n) is 2.70. The van der Waals surface area contributed by atoms with Crippen molar-refractivity contribution in [1.82, 2.24) is 19.9 Å². The lowest BCUT2D eigenvalue weighted by Crippen LogP contribution is -2.39. The molecule has 22 heavy (non-hydrogen) atoms. The van der Waals surface area contributed by atoms with Crippen molar-refractivity contribution >= 4 is 23.1 Å². The number of nitrogens with two attached hydrogens (primary N) is 1. The zero-order valence-corrected chi connectivity index (χ0v) is 13.3. The molecule has 2 aromatic rings. The van der Waals surface area contributed by atoms with Gasteiger partial charge in [-0.1, -0.05) is 6.92 Å². The number of aromatic nitrogens is 3. The lowest BCUT2D eigenvalue weighted by atomic mass is 9.98. The number of thiazole rings is 1. The highest BCUT2D eigenvalue weighted by atomic mass is 32.1. The Labute approximate surface area is 133 Å². The van der Waals surface area contributed by atoms with Gasteiger partial charge >= 0.3 is 0 Å². The molecular weight excluding hydrogens is 298 g/mol. The fourth-order valence-corrected chi connectivity index (χ4v) is 3.73. The Kier molecular flexibility index (Phi) is 4.33. The second kappa shape index (κ2) is 6.39. The molecule has 0 bridgehead atoms. The van der Waals surface area contributed by atoms with Crippen LogP contribution in [0.1, 0.15) is 46.9 Å². The Hall–Kier alpha value is -2.02. The molecule has 0 aromatic carbocycles. The van der Waals surface area contributed by atoms with Crippen molar-refractivity contribution in [3.63, 3.8) is 0 Å². The van der Waals surface area contributed by atoms with Crippen molar-refractivity contribution in [2.45, 2.75) is 32.1 Å². The van der Waals surface area contributed by atoms with E-state index in [0.717, 1.165) is 36.5 Å². The Morgan fingerprint density at radius 2 is 2.27 bits per heavy atom. The van der Waals surface area contributed by atoms with Crippen molar-refractivity contribution in [3.05, 3.63) is 34.2 Å². The van der Waals surface area contributed by atoms with Crippen LogP contribution in [0.4, 0.5) is 5.82 Å². The molecule has 1 amide bonds. The molecule has 1 fully saturated rings. The molecule has 0 unspecified atom stereocenters. The maximum atomic E-state index is 12.6. The summed E-state index contributed by atoms with van der Waals surface area (Å²) in [6, 6.07) is 0. The summed E-state index contributed by atoms with van der Waals surface area (Å²) in [4.78, 5) is 27.1. The number of piperidine rings is 1. The number of aryl methyl sites for hydroxylation is 1. The van der Waals surface area contributed by atoms with E-state index in [9.17, 15) is 4.79 Å². The van der Waals surface area contributed by atoms with E-state index in [1.807, 2.05) is 4.90 Å². The third-order valence-corrected chi connectivity index (χ3v) is 4.97. The SMILES string of the molecule is CCc1csc([C@H]2CCCN(C(=O)c3nccnc3N)C2)n1. The number of anilines is 1. The highest BCUT2D eigenvalue weighted by Crippen LogP contribution is 2.30. The Balaban J connectivity index is 1.75. The molecule has 1 aliphatic heterocycles. The number of nitrogens with zero attached hydrogens (tertiary/aromatic N) is 4. The zero-order valence-electron chi connectivity index (χ0n) is 12.5. The number of carbonyl (C=O) groups excluding carboxylic acids is 1. The van der Waals surface area contributed by atoms with Crippen molar-refractivity contribution in [2.24, 2.45) is 0 Å². The highest BCUT2D eigenvalue weighted by molar-refractivity contribution is 7.09. The lowest BCUT2D eigenvalue weighted by molar-refractivity contribution is 0.0702. The van der Waals surface area contributed by atoms with Gasteiger partial charge in [-0.3, -0.25) is 4.79 Å². The van der Waals surface area contributed by atoms with Gasteiger partial charge in [0.1, 0.15) is 0 Å². The standard InChI is InChI=1S/C15H19N5OS/c1-2-11-9-22-14(19-11)10-4-3-7-20(8-10)15(21)12-13(16)18-6-5-17-12/h5-6,9-10H,2-4,7-8H2,1H3,(H2,16,18)/t10-/m0/s1. The first-order chi connectivity index (χ1) is 10.7. The van der Waals surface area contributed by atoms with Crippen LogP contribution in [0.2, 0.25) is 0 Å². The Morgan fingerprint density at radius 3 is 3.00 bits per heavy atom. The number of likely N-dealkylation sites (tertiary alicyclic amines) is 1. The van der Waals surface area contributed by atoms with E-state index in [1.54, 1.807) is 11.3 Å². The Bertz CT molecular complexity index is 671. The average Bonchev–Trinajstić information content (AvgIpc) is 3.04. The average molecular weight is 317 g/mol.